The number of carbonyl (C=O) groups is 1. The Morgan fingerprint density at radius 3 is 2.85 bits per heavy atom. The lowest BCUT2D eigenvalue weighted by molar-refractivity contribution is 0.0951. The summed E-state index contributed by atoms with van der Waals surface area (Å²) in [6.45, 7) is 2.50. The number of carbonyl (C=O) groups excluding carboxylic acids is 1. The number of fused-ring (bicyclic) bond motifs is 1. The molecule has 134 valence electrons. The molecule has 7 nitrogen and oxygen atoms in total. The van der Waals surface area contributed by atoms with E-state index in [9.17, 15) is 9.90 Å². The monoisotopic (exact) mass is 353 g/mol. The van der Waals surface area contributed by atoms with Crippen LogP contribution in [-0.4, -0.2) is 35.9 Å². The Kier molecular flexibility index (Phi) is 5.07. The van der Waals surface area contributed by atoms with Gasteiger partial charge in [-0.25, -0.2) is 5.43 Å². The fourth-order valence-corrected chi connectivity index (χ4v) is 2.50. The van der Waals surface area contributed by atoms with Crippen LogP contribution in [-0.2, 0) is 0 Å². The van der Waals surface area contributed by atoms with Gasteiger partial charge in [-0.05, 0) is 55.0 Å². The SMILES string of the molecule is CCOc1ccc2[nH]c(C(=O)NN=Cc3ccc(OC)c(O)c3)cc2c1. The number of nitrogens with one attached hydrogen (secondary N) is 2. The molecule has 0 aliphatic rings. The van der Waals surface area contributed by atoms with E-state index < -0.39 is 0 Å². The average molecular weight is 353 g/mol. The van der Waals surface area contributed by atoms with Crippen molar-refractivity contribution in [2.24, 2.45) is 5.10 Å². The number of rotatable bonds is 6. The summed E-state index contributed by atoms with van der Waals surface area (Å²) in [7, 11) is 1.47. The highest BCUT2D eigenvalue weighted by Gasteiger charge is 2.09. The highest BCUT2D eigenvalue weighted by atomic mass is 16.5. The van der Waals surface area contributed by atoms with Crippen molar-refractivity contribution in [2.75, 3.05) is 13.7 Å². The number of aromatic hydroxyl groups is 1. The molecule has 1 aromatic heterocycles. The zero-order chi connectivity index (χ0) is 18.5. The third-order valence-electron chi connectivity index (χ3n) is 3.73. The van der Waals surface area contributed by atoms with Gasteiger partial charge in [-0.2, -0.15) is 5.10 Å². The van der Waals surface area contributed by atoms with E-state index in [-0.39, 0.29) is 11.7 Å². The fourth-order valence-electron chi connectivity index (χ4n) is 2.50. The maximum absolute atomic E-state index is 12.2. The zero-order valence-electron chi connectivity index (χ0n) is 14.4. The summed E-state index contributed by atoms with van der Waals surface area (Å²) < 4.78 is 10.4. The molecule has 3 rings (SSSR count). The summed E-state index contributed by atoms with van der Waals surface area (Å²) in [6, 6.07) is 12.1. The van der Waals surface area contributed by atoms with Gasteiger partial charge in [0.15, 0.2) is 11.5 Å². The Labute approximate surface area is 150 Å². The maximum atomic E-state index is 12.2. The van der Waals surface area contributed by atoms with E-state index in [0.717, 1.165) is 16.7 Å². The second-order valence-corrected chi connectivity index (χ2v) is 5.50. The number of aromatic nitrogens is 1. The van der Waals surface area contributed by atoms with Crippen molar-refractivity contribution in [2.45, 2.75) is 6.92 Å². The molecule has 0 unspecified atom stereocenters. The molecule has 1 amide bonds. The third-order valence-corrected chi connectivity index (χ3v) is 3.73. The van der Waals surface area contributed by atoms with Crippen LogP contribution < -0.4 is 14.9 Å². The van der Waals surface area contributed by atoms with Crippen molar-refractivity contribution >= 4 is 23.0 Å². The van der Waals surface area contributed by atoms with Gasteiger partial charge in [-0.15, -0.1) is 0 Å². The van der Waals surface area contributed by atoms with Crippen LogP contribution in [0, 0.1) is 0 Å². The summed E-state index contributed by atoms with van der Waals surface area (Å²) in [5.41, 5.74) is 4.31. The zero-order valence-corrected chi connectivity index (χ0v) is 14.4. The molecule has 0 aliphatic heterocycles. The molecule has 26 heavy (non-hydrogen) atoms. The molecule has 0 radical (unpaired) electrons. The molecule has 0 saturated carbocycles. The molecule has 3 aromatic rings. The van der Waals surface area contributed by atoms with E-state index in [0.29, 0.717) is 23.6 Å². The first kappa shape index (κ1) is 17.3. The summed E-state index contributed by atoms with van der Waals surface area (Å²) >= 11 is 0. The molecule has 0 aliphatic carbocycles. The van der Waals surface area contributed by atoms with E-state index in [4.69, 9.17) is 9.47 Å². The number of hydrogen-bond donors (Lipinski definition) is 3. The Balaban J connectivity index is 1.69. The lowest BCUT2D eigenvalue weighted by atomic mass is 10.2. The number of hydrogen-bond acceptors (Lipinski definition) is 5. The highest BCUT2D eigenvalue weighted by molar-refractivity contribution is 5.98. The number of phenolic OH excluding ortho intramolecular Hbond substituents is 1. The standard InChI is InChI=1S/C19H19N3O4/c1-3-26-14-5-6-15-13(9-14)10-16(21-15)19(24)22-20-11-12-4-7-18(25-2)17(23)8-12/h4-11,21,23H,3H2,1-2H3,(H,22,24). The molecule has 0 saturated heterocycles. The van der Waals surface area contributed by atoms with E-state index >= 15 is 0 Å². The second kappa shape index (κ2) is 7.60. The smallest absolute Gasteiger partial charge is 0.287 e. The minimum Gasteiger partial charge on any atom is -0.504 e. The summed E-state index contributed by atoms with van der Waals surface area (Å²) in [5.74, 6) is 0.760. The Morgan fingerprint density at radius 1 is 1.27 bits per heavy atom. The number of nitrogens with zero attached hydrogens (tertiary/aromatic N) is 1. The normalized spacial score (nSPS) is 11.0. The van der Waals surface area contributed by atoms with Crippen LogP contribution in [0.25, 0.3) is 10.9 Å². The molecule has 2 aromatic carbocycles. The van der Waals surface area contributed by atoms with Crippen LogP contribution in [0.2, 0.25) is 0 Å². The summed E-state index contributed by atoms with van der Waals surface area (Å²) in [6.07, 6.45) is 1.44. The van der Waals surface area contributed by atoms with E-state index in [1.807, 2.05) is 25.1 Å². The molecule has 7 heteroatoms. The van der Waals surface area contributed by atoms with Crippen molar-refractivity contribution in [3.05, 3.63) is 53.7 Å². The second-order valence-electron chi connectivity index (χ2n) is 5.50. The number of methoxy groups -OCH3 is 1. The number of H-pyrrole nitrogens is 1. The average Bonchev–Trinajstić information content (AvgIpc) is 3.05. The minimum atomic E-state index is -0.367. The maximum Gasteiger partial charge on any atom is 0.287 e. The molecule has 1 heterocycles. The van der Waals surface area contributed by atoms with Gasteiger partial charge in [-0.3, -0.25) is 4.79 Å². The van der Waals surface area contributed by atoms with Crippen molar-refractivity contribution < 1.29 is 19.4 Å². The lowest BCUT2D eigenvalue weighted by Gasteiger charge is -2.03. The van der Waals surface area contributed by atoms with Gasteiger partial charge in [0.25, 0.3) is 5.91 Å². The van der Waals surface area contributed by atoms with Crippen molar-refractivity contribution in [3.8, 4) is 17.2 Å². The number of amides is 1. The highest BCUT2D eigenvalue weighted by Crippen LogP contribution is 2.25. The Hall–Kier alpha value is -3.48. The van der Waals surface area contributed by atoms with E-state index in [2.05, 4.69) is 15.5 Å². The van der Waals surface area contributed by atoms with Gasteiger partial charge in [-0.1, -0.05) is 0 Å². The minimum absolute atomic E-state index is 0.00324. The number of ether oxygens (including phenoxy) is 2. The van der Waals surface area contributed by atoms with Gasteiger partial charge in [0.05, 0.1) is 19.9 Å². The number of hydrazone groups is 1. The number of phenols is 1. The van der Waals surface area contributed by atoms with Crippen LogP contribution in [0.15, 0.2) is 47.6 Å². The number of benzene rings is 2. The molecule has 3 N–H and O–H groups in total. The largest absolute Gasteiger partial charge is 0.504 e. The van der Waals surface area contributed by atoms with Gasteiger partial charge < -0.3 is 19.6 Å². The van der Waals surface area contributed by atoms with Crippen LogP contribution >= 0.6 is 0 Å². The molecule has 0 atom stereocenters. The summed E-state index contributed by atoms with van der Waals surface area (Å²) in [5, 5.41) is 14.5. The first-order valence-electron chi connectivity index (χ1n) is 8.06. The molecular formula is C19H19N3O4. The Morgan fingerprint density at radius 2 is 2.12 bits per heavy atom. The number of aromatic amines is 1. The van der Waals surface area contributed by atoms with Crippen LogP contribution in [0.1, 0.15) is 23.0 Å². The molecular weight excluding hydrogens is 334 g/mol. The Bertz CT molecular complexity index is 963. The summed E-state index contributed by atoms with van der Waals surface area (Å²) in [4.78, 5) is 15.3. The van der Waals surface area contributed by atoms with Crippen molar-refractivity contribution in [3.63, 3.8) is 0 Å². The quantitative estimate of drug-likeness (QED) is 0.469. The van der Waals surface area contributed by atoms with Crippen LogP contribution in [0.3, 0.4) is 0 Å². The van der Waals surface area contributed by atoms with Gasteiger partial charge in [0.2, 0.25) is 0 Å². The van der Waals surface area contributed by atoms with E-state index in [1.54, 1.807) is 18.2 Å². The molecule has 0 spiro atoms. The molecule has 0 fully saturated rings. The van der Waals surface area contributed by atoms with Gasteiger partial charge in [0.1, 0.15) is 11.4 Å². The lowest BCUT2D eigenvalue weighted by Crippen LogP contribution is -2.17. The van der Waals surface area contributed by atoms with Crippen LogP contribution in [0.4, 0.5) is 0 Å². The fraction of sp³-hybridized carbons (Fsp3) is 0.158. The van der Waals surface area contributed by atoms with Gasteiger partial charge in [0, 0.05) is 10.9 Å². The predicted molar refractivity (Wildman–Crippen MR) is 99.2 cm³/mol. The van der Waals surface area contributed by atoms with Gasteiger partial charge >= 0.3 is 0 Å². The third kappa shape index (κ3) is 3.77. The van der Waals surface area contributed by atoms with Crippen molar-refractivity contribution in [1.29, 1.82) is 0 Å². The van der Waals surface area contributed by atoms with Crippen LogP contribution in [0.5, 0.6) is 17.2 Å². The molecule has 0 bridgehead atoms. The van der Waals surface area contributed by atoms with E-state index in [1.165, 1.54) is 19.4 Å². The van der Waals surface area contributed by atoms with Crippen molar-refractivity contribution in [1.82, 2.24) is 10.4 Å². The first-order valence-corrected chi connectivity index (χ1v) is 8.06. The predicted octanol–water partition coefficient (Wildman–Crippen LogP) is 3.04. The topological polar surface area (TPSA) is 95.9 Å². The first-order chi connectivity index (χ1) is 12.6.